The van der Waals surface area contributed by atoms with Crippen LogP contribution in [0.1, 0.15) is 24.4 Å². The Morgan fingerprint density at radius 2 is 2.54 bits per heavy atom. The molecule has 1 aliphatic rings. The monoisotopic (exact) mass is 179 g/mol. The number of nitrogens with zero attached hydrogens (tertiary/aromatic N) is 1. The highest BCUT2D eigenvalue weighted by Crippen LogP contribution is 2.14. The molecule has 0 spiro atoms. The molecule has 3 heteroatoms. The van der Waals surface area contributed by atoms with Crippen LogP contribution in [-0.4, -0.2) is 23.1 Å². The molecule has 1 saturated heterocycles. The lowest BCUT2D eigenvalue weighted by Gasteiger charge is -2.21. The number of hydrogen-bond donors (Lipinski definition) is 2. The summed E-state index contributed by atoms with van der Waals surface area (Å²) in [7, 11) is 0. The average Bonchev–Trinajstić information content (AvgIpc) is 2.53. The Morgan fingerprint density at radius 3 is 3.15 bits per heavy atom. The van der Waals surface area contributed by atoms with Gasteiger partial charge in [0.15, 0.2) is 0 Å². The fourth-order valence-corrected chi connectivity index (χ4v) is 1.94. The molecule has 72 valence electrons. The Bertz CT molecular complexity index is 261. The normalized spacial score (nSPS) is 23.3. The van der Waals surface area contributed by atoms with Gasteiger partial charge in [-0.05, 0) is 38.8 Å². The van der Waals surface area contributed by atoms with E-state index in [0.717, 1.165) is 24.7 Å². The molecule has 1 fully saturated rings. The second kappa shape index (κ2) is 3.92. The first-order chi connectivity index (χ1) is 6.34. The first-order valence-corrected chi connectivity index (χ1v) is 5.06. The molecule has 1 aliphatic heterocycles. The standard InChI is InChI=1S/C10H17N3/c1-8-6-12-10(13-8)5-9-3-2-4-11-7-9/h6,9,11H,2-5,7H2,1H3,(H,12,13). The van der Waals surface area contributed by atoms with Crippen molar-refractivity contribution in [3.05, 3.63) is 17.7 Å². The average molecular weight is 179 g/mol. The third-order valence-electron chi connectivity index (χ3n) is 2.64. The van der Waals surface area contributed by atoms with Crippen molar-refractivity contribution in [3.63, 3.8) is 0 Å². The van der Waals surface area contributed by atoms with Crippen molar-refractivity contribution in [2.75, 3.05) is 13.1 Å². The maximum absolute atomic E-state index is 4.33. The van der Waals surface area contributed by atoms with Crippen LogP contribution in [-0.2, 0) is 6.42 Å². The van der Waals surface area contributed by atoms with Crippen LogP contribution in [0, 0.1) is 12.8 Å². The third-order valence-corrected chi connectivity index (χ3v) is 2.64. The van der Waals surface area contributed by atoms with Gasteiger partial charge in [-0.1, -0.05) is 0 Å². The van der Waals surface area contributed by atoms with E-state index < -0.39 is 0 Å². The van der Waals surface area contributed by atoms with E-state index in [1.165, 1.54) is 25.1 Å². The van der Waals surface area contributed by atoms with E-state index in [1.54, 1.807) is 0 Å². The molecule has 0 amide bonds. The fraction of sp³-hybridized carbons (Fsp3) is 0.700. The summed E-state index contributed by atoms with van der Waals surface area (Å²) >= 11 is 0. The highest BCUT2D eigenvalue weighted by atomic mass is 14.9. The van der Waals surface area contributed by atoms with Crippen LogP contribution in [0.3, 0.4) is 0 Å². The van der Waals surface area contributed by atoms with Crippen LogP contribution >= 0.6 is 0 Å². The second-order valence-corrected chi connectivity index (χ2v) is 3.93. The van der Waals surface area contributed by atoms with Gasteiger partial charge in [0.05, 0.1) is 0 Å². The van der Waals surface area contributed by atoms with Crippen molar-refractivity contribution >= 4 is 0 Å². The largest absolute Gasteiger partial charge is 0.346 e. The lowest BCUT2D eigenvalue weighted by molar-refractivity contribution is 0.371. The summed E-state index contributed by atoms with van der Waals surface area (Å²) in [5, 5.41) is 3.42. The van der Waals surface area contributed by atoms with Gasteiger partial charge in [0.2, 0.25) is 0 Å². The van der Waals surface area contributed by atoms with Gasteiger partial charge in [-0.15, -0.1) is 0 Å². The highest BCUT2D eigenvalue weighted by Gasteiger charge is 2.14. The van der Waals surface area contributed by atoms with E-state index >= 15 is 0 Å². The van der Waals surface area contributed by atoms with Crippen molar-refractivity contribution in [2.45, 2.75) is 26.2 Å². The molecule has 2 N–H and O–H groups in total. The molecular weight excluding hydrogens is 162 g/mol. The van der Waals surface area contributed by atoms with Crippen molar-refractivity contribution in [1.82, 2.24) is 15.3 Å². The molecule has 1 aromatic heterocycles. The van der Waals surface area contributed by atoms with Crippen LogP contribution in [0.25, 0.3) is 0 Å². The summed E-state index contributed by atoms with van der Waals surface area (Å²) in [6, 6.07) is 0. The van der Waals surface area contributed by atoms with E-state index in [4.69, 9.17) is 0 Å². The maximum atomic E-state index is 4.33. The summed E-state index contributed by atoms with van der Waals surface area (Å²) < 4.78 is 0. The van der Waals surface area contributed by atoms with Crippen LogP contribution in [0.2, 0.25) is 0 Å². The number of piperidine rings is 1. The molecule has 1 aromatic rings. The quantitative estimate of drug-likeness (QED) is 0.717. The topological polar surface area (TPSA) is 40.7 Å². The molecule has 0 aromatic carbocycles. The zero-order chi connectivity index (χ0) is 9.10. The maximum Gasteiger partial charge on any atom is 0.106 e. The predicted molar refractivity (Wildman–Crippen MR) is 52.6 cm³/mol. The number of aromatic nitrogens is 2. The number of aryl methyl sites for hydroxylation is 1. The summed E-state index contributed by atoms with van der Waals surface area (Å²) in [6.45, 7) is 4.39. The van der Waals surface area contributed by atoms with Crippen LogP contribution in [0.4, 0.5) is 0 Å². The van der Waals surface area contributed by atoms with E-state index in [2.05, 4.69) is 22.2 Å². The van der Waals surface area contributed by atoms with Gasteiger partial charge >= 0.3 is 0 Å². The zero-order valence-corrected chi connectivity index (χ0v) is 8.14. The molecule has 0 radical (unpaired) electrons. The van der Waals surface area contributed by atoms with Crippen molar-refractivity contribution in [2.24, 2.45) is 5.92 Å². The second-order valence-electron chi connectivity index (χ2n) is 3.93. The number of aromatic amines is 1. The number of rotatable bonds is 2. The molecule has 0 saturated carbocycles. The van der Waals surface area contributed by atoms with Gasteiger partial charge < -0.3 is 10.3 Å². The minimum atomic E-state index is 0.777. The van der Waals surface area contributed by atoms with Crippen LogP contribution in [0.15, 0.2) is 6.20 Å². The molecule has 2 rings (SSSR count). The fourth-order valence-electron chi connectivity index (χ4n) is 1.94. The molecule has 3 nitrogen and oxygen atoms in total. The summed E-state index contributed by atoms with van der Waals surface area (Å²) in [5.41, 5.74) is 1.17. The molecule has 2 heterocycles. The van der Waals surface area contributed by atoms with Gasteiger partial charge in [0.25, 0.3) is 0 Å². The van der Waals surface area contributed by atoms with Gasteiger partial charge in [-0.3, -0.25) is 0 Å². The van der Waals surface area contributed by atoms with Gasteiger partial charge in [0, 0.05) is 18.3 Å². The van der Waals surface area contributed by atoms with E-state index in [9.17, 15) is 0 Å². The Morgan fingerprint density at radius 1 is 1.62 bits per heavy atom. The van der Waals surface area contributed by atoms with Crippen molar-refractivity contribution < 1.29 is 0 Å². The third kappa shape index (κ3) is 2.31. The molecule has 13 heavy (non-hydrogen) atoms. The Hall–Kier alpha value is -0.830. The Labute approximate surface area is 79.0 Å². The smallest absolute Gasteiger partial charge is 0.106 e. The minimum absolute atomic E-state index is 0.777. The first-order valence-electron chi connectivity index (χ1n) is 5.06. The molecule has 1 unspecified atom stereocenters. The summed E-state index contributed by atoms with van der Waals surface area (Å²) in [5.74, 6) is 1.92. The van der Waals surface area contributed by atoms with Crippen LogP contribution in [0.5, 0.6) is 0 Å². The Balaban J connectivity index is 1.89. The Kier molecular flexibility index (Phi) is 2.64. The molecule has 1 atom stereocenters. The SMILES string of the molecule is Cc1cnc(CC2CCCNC2)[nH]1. The summed E-state index contributed by atoms with van der Waals surface area (Å²) in [6.07, 6.45) is 5.66. The van der Waals surface area contributed by atoms with Crippen molar-refractivity contribution in [3.8, 4) is 0 Å². The van der Waals surface area contributed by atoms with Gasteiger partial charge in [-0.2, -0.15) is 0 Å². The van der Waals surface area contributed by atoms with E-state index in [-0.39, 0.29) is 0 Å². The van der Waals surface area contributed by atoms with E-state index in [1.807, 2.05) is 6.20 Å². The minimum Gasteiger partial charge on any atom is -0.346 e. The summed E-state index contributed by atoms with van der Waals surface area (Å²) in [4.78, 5) is 7.61. The van der Waals surface area contributed by atoms with Gasteiger partial charge in [-0.25, -0.2) is 4.98 Å². The van der Waals surface area contributed by atoms with Crippen molar-refractivity contribution in [1.29, 1.82) is 0 Å². The lowest BCUT2D eigenvalue weighted by Crippen LogP contribution is -2.31. The molecule has 0 aliphatic carbocycles. The highest BCUT2D eigenvalue weighted by molar-refractivity contribution is 4.99. The van der Waals surface area contributed by atoms with Crippen LogP contribution < -0.4 is 5.32 Å². The number of hydrogen-bond acceptors (Lipinski definition) is 2. The number of H-pyrrole nitrogens is 1. The predicted octanol–water partition coefficient (Wildman–Crippen LogP) is 1.26. The molecular formula is C10H17N3. The lowest BCUT2D eigenvalue weighted by atomic mass is 9.96. The molecule has 0 bridgehead atoms. The zero-order valence-electron chi connectivity index (χ0n) is 8.14. The van der Waals surface area contributed by atoms with Gasteiger partial charge in [0.1, 0.15) is 5.82 Å². The first kappa shape index (κ1) is 8.75. The number of nitrogens with one attached hydrogen (secondary N) is 2. The number of imidazole rings is 1. The van der Waals surface area contributed by atoms with E-state index in [0.29, 0.717) is 0 Å².